The molecule has 2 aromatic heterocycles. The van der Waals surface area contributed by atoms with E-state index in [4.69, 9.17) is 9.72 Å². The zero-order chi connectivity index (χ0) is 26.1. The average molecular weight is 609 g/mol. The van der Waals surface area contributed by atoms with Crippen LogP contribution in [0.25, 0.3) is 39.6 Å². The third-order valence-corrected chi connectivity index (χ3v) is 7.28. The van der Waals surface area contributed by atoms with Gasteiger partial charge in [0.15, 0.2) is 0 Å². The van der Waals surface area contributed by atoms with Crippen LogP contribution in [0.1, 0.15) is 17.0 Å². The minimum atomic E-state index is -0.107. The Bertz CT molecular complexity index is 1850. The Morgan fingerprint density at radius 1 is 0.868 bits per heavy atom. The van der Waals surface area contributed by atoms with Gasteiger partial charge in [-0.3, -0.25) is 9.36 Å². The van der Waals surface area contributed by atoms with Crippen LogP contribution in [0.2, 0.25) is 0 Å². The first-order chi connectivity index (χ1) is 18.6. The third-order valence-electron chi connectivity index (χ3n) is 6.61. The van der Waals surface area contributed by atoms with Crippen LogP contribution in [-0.2, 0) is 6.54 Å². The standard InChI is InChI=1S/C32H24IN3O2/c1-38-26-15-13-25(14-16-26)36-31(34-29-17-12-24(33)19-28(29)32(36)37)18-11-23-21-35(20-22-7-3-2-4-8-22)30-10-6-5-9-27(23)30/h2-19,21H,20H2,1H3. The summed E-state index contributed by atoms with van der Waals surface area (Å²) in [6.45, 7) is 0.776. The summed E-state index contributed by atoms with van der Waals surface area (Å²) < 4.78 is 10.2. The lowest BCUT2D eigenvalue weighted by molar-refractivity contribution is 0.414. The van der Waals surface area contributed by atoms with Gasteiger partial charge in [0.05, 0.1) is 23.7 Å². The molecule has 2 heterocycles. The number of rotatable bonds is 6. The van der Waals surface area contributed by atoms with Gasteiger partial charge in [0.1, 0.15) is 11.6 Å². The highest BCUT2D eigenvalue weighted by Crippen LogP contribution is 2.25. The number of benzene rings is 4. The number of hydrogen-bond acceptors (Lipinski definition) is 3. The van der Waals surface area contributed by atoms with Gasteiger partial charge in [-0.1, -0.05) is 48.5 Å². The molecule has 0 aliphatic rings. The van der Waals surface area contributed by atoms with Gasteiger partial charge < -0.3 is 9.30 Å². The molecule has 6 heteroatoms. The van der Waals surface area contributed by atoms with Crippen LogP contribution in [0.4, 0.5) is 0 Å². The van der Waals surface area contributed by atoms with E-state index in [-0.39, 0.29) is 5.56 Å². The van der Waals surface area contributed by atoms with E-state index in [1.807, 2.05) is 60.7 Å². The number of aromatic nitrogens is 3. The SMILES string of the molecule is COc1ccc(-n2c(C=Cc3cn(Cc4ccccc4)c4ccccc34)nc3ccc(I)cc3c2=O)cc1. The Morgan fingerprint density at radius 3 is 2.42 bits per heavy atom. The first kappa shape index (κ1) is 24.2. The van der Waals surface area contributed by atoms with Gasteiger partial charge in [-0.05, 0) is 88.8 Å². The molecule has 0 amide bonds. The Labute approximate surface area is 233 Å². The van der Waals surface area contributed by atoms with Crippen LogP contribution >= 0.6 is 22.6 Å². The number of ether oxygens (including phenoxy) is 1. The number of para-hydroxylation sites is 1. The summed E-state index contributed by atoms with van der Waals surface area (Å²) in [5.41, 5.74) is 4.76. The fourth-order valence-corrected chi connectivity index (χ4v) is 5.24. The minimum Gasteiger partial charge on any atom is -0.497 e. The van der Waals surface area contributed by atoms with E-state index in [0.29, 0.717) is 16.7 Å². The molecule has 0 spiro atoms. The maximum absolute atomic E-state index is 13.7. The van der Waals surface area contributed by atoms with Crippen molar-refractivity contribution in [1.29, 1.82) is 0 Å². The summed E-state index contributed by atoms with van der Waals surface area (Å²) in [4.78, 5) is 18.6. The second-order valence-electron chi connectivity index (χ2n) is 9.02. The molecule has 4 aromatic carbocycles. The quantitative estimate of drug-likeness (QED) is 0.188. The molecule has 6 aromatic rings. The number of fused-ring (bicyclic) bond motifs is 2. The zero-order valence-electron chi connectivity index (χ0n) is 20.7. The minimum absolute atomic E-state index is 0.107. The summed E-state index contributed by atoms with van der Waals surface area (Å²) in [5, 5.41) is 1.73. The number of hydrogen-bond donors (Lipinski definition) is 0. The van der Waals surface area contributed by atoms with E-state index in [9.17, 15) is 4.79 Å². The van der Waals surface area contributed by atoms with Crippen molar-refractivity contribution < 1.29 is 4.74 Å². The maximum atomic E-state index is 13.7. The lowest BCUT2D eigenvalue weighted by Crippen LogP contribution is -2.22. The lowest BCUT2D eigenvalue weighted by atomic mass is 10.1. The monoisotopic (exact) mass is 609 g/mol. The summed E-state index contributed by atoms with van der Waals surface area (Å²) in [5.74, 6) is 1.29. The largest absolute Gasteiger partial charge is 0.497 e. The maximum Gasteiger partial charge on any atom is 0.266 e. The second kappa shape index (κ2) is 10.3. The van der Waals surface area contributed by atoms with Crippen LogP contribution in [0.5, 0.6) is 5.75 Å². The van der Waals surface area contributed by atoms with Gasteiger partial charge in [0, 0.05) is 32.8 Å². The third kappa shape index (κ3) is 4.63. The molecule has 0 aliphatic heterocycles. The van der Waals surface area contributed by atoms with Crippen molar-refractivity contribution in [2.24, 2.45) is 0 Å². The molecule has 5 nitrogen and oxygen atoms in total. The lowest BCUT2D eigenvalue weighted by Gasteiger charge is -2.12. The first-order valence-electron chi connectivity index (χ1n) is 12.3. The van der Waals surface area contributed by atoms with Crippen LogP contribution in [-0.4, -0.2) is 21.2 Å². The Morgan fingerprint density at radius 2 is 1.63 bits per heavy atom. The molecular formula is C32H24IN3O2. The van der Waals surface area contributed by atoms with Crippen LogP contribution in [0.15, 0.2) is 108 Å². The molecule has 0 saturated carbocycles. The Kier molecular flexibility index (Phi) is 6.55. The molecule has 0 saturated heterocycles. The van der Waals surface area contributed by atoms with Crippen LogP contribution < -0.4 is 10.3 Å². The molecule has 0 unspecified atom stereocenters. The van der Waals surface area contributed by atoms with Crippen molar-refractivity contribution in [3.63, 3.8) is 0 Å². The van der Waals surface area contributed by atoms with Gasteiger partial charge in [-0.15, -0.1) is 0 Å². The predicted molar refractivity (Wildman–Crippen MR) is 163 cm³/mol. The topological polar surface area (TPSA) is 49.0 Å². The average Bonchev–Trinajstić information content (AvgIpc) is 3.30. The van der Waals surface area contributed by atoms with Gasteiger partial charge in [-0.2, -0.15) is 0 Å². The van der Waals surface area contributed by atoms with Crippen molar-refractivity contribution in [3.05, 3.63) is 134 Å². The van der Waals surface area contributed by atoms with Crippen LogP contribution in [0, 0.1) is 3.57 Å². The van der Waals surface area contributed by atoms with Crippen LogP contribution in [0.3, 0.4) is 0 Å². The Balaban J connectivity index is 1.49. The highest BCUT2D eigenvalue weighted by atomic mass is 127. The summed E-state index contributed by atoms with van der Waals surface area (Å²) in [6, 6.07) is 32.0. The molecule has 0 bridgehead atoms. The molecule has 6 rings (SSSR count). The summed E-state index contributed by atoms with van der Waals surface area (Å²) in [7, 11) is 1.63. The summed E-state index contributed by atoms with van der Waals surface area (Å²) >= 11 is 2.22. The van der Waals surface area contributed by atoms with Crippen molar-refractivity contribution in [1.82, 2.24) is 14.1 Å². The predicted octanol–water partition coefficient (Wildman–Crippen LogP) is 7.17. The van der Waals surface area contributed by atoms with Gasteiger partial charge in [-0.25, -0.2) is 4.98 Å². The van der Waals surface area contributed by atoms with Crippen molar-refractivity contribution in [2.45, 2.75) is 6.54 Å². The molecule has 0 radical (unpaired) electrons. The van der Waals surface area contributed by atoms with Gasteiger partial charge in [0.25, 0.3) is 5.56 Å². The first-order valence-corrected chi connectivity index (χ1v) is 13.4. The molecule has 0 N–H and O–H groups in total. The number of methoxy groups -OCH3 is 1. The second-order valence-corrected chi connectivity index (χ2v) is 10.3. The molecule has 0 aliphatic carbocycles. The van der Waals surface area contributed by atoms with Crippen molar-refractivity contribution >= 4 is 56.5 Å². The van der Waals surface area contributed by atoms with E-state index in [2.05, 4.69) is 81.9 Å². The van der Waals surface area contributed by atoms with Crippen molar-refractivity contribution in [3.8, 4) is 11.4 Å². The fraction of sp³-hybridized carbons (Fsp3) is 0.0625. The molecule has 38 heavy (non-hydrogen) atoms. The normalized spacial score (nSPS) is 11.5. The molecular weight excluding hydrogens is 585 g/mol. The molecule has 0 fully saturated rings. The van der Waals surface area contributed by atoms with Gasteiger partial charge >= 0.3 is 0 Å². The number of nitrogens with zero attached hydrogens (tertiary/aromatic N) is 3. The Hall–Kier alpha value is -4.17. The van der Waals surface area contributed by atoms with E-state index >= 15 is 0 Å². The van der Waals surface area contributed by atoms with E-state index < -0.39 is 0 Å². The molecule has 186 valence electrons. The smallest absolute Gasteiger partial charge is 0.266 e. The van der Waals surface area contributed by atoms with Gasteiger partial charge in [0.2, 0.25) is 0 Å². The zero-order valence-corrected chi connectivity index (χ0v) is 22.9. The molecule has 0 atom stereocenters. The number of halogens is 1. The van der Waals surface area contributed by atoms with Crippen molar-refractivity contribution in [2.75, 3.05) is 7.11 Å². The van der Waals surface area contributed by atoms with E-state index in [1.165, 1.54) is 5.56 Å². The van der Waals surface area contributed by atoms with E-state index in [1.54, 1.807) is 11.7 Å². The van der Waals surface area contributed by atoms with E-state index in [0.717, 1.165) is 38.0 Å². The summed E-state index contributed by atoms with van der Waals surface area (Å²) in [6.07, 6.45) is 6.13. The fourth-order valence-electron chi connectivity index (χ4n) is 4.75. The highest BCUT2D eigenvalue weighted by Gasteiger charge is 2.13. The highest BCUT2D eigenvalue weighted by molar-refractivity contribution is 14.1.